The first kappa shape index (κ1) is 24.0. The van der Waals surface area contributed by atoms with Crippen molar-refractivity contribution < 1.29 is 17.9 Å². The highest BCUT2D eigenvalue weighted by atomic mass is 32.2. The lowest BCUT2D eigenvalue weighted by atomic mass is 9.48. The van der Waals surface area contributed by atoms with Crippen molar-refractivity contribution in [3.8, 4) is 0 Å². The third kappa shape index (κ3) is 3.12. The van der Waals surface area contributed by atoms with Gasteiger partial charge in [0.1, 0.15) is 6.61 Å². The van der Waals surface area contributed by atoms with E-state index >= 15 is 0 Å². The Morgan fingerprint density at radius 3 is 2.50 bits per heavy atom. The SMILES string of the molecule is COC1=CC2=CC[C@@H]3[C@H](CC[C@]4(C)C(C5(S(=O)(=O)c6ccc(C)cc6)COC=N5)=CC[C@@H]34)[C@@]2(C)CC1. The second-order valence-corrected chi connectivity index (χ2v) is 14.1. The molecule has 36 heavy (non-hydrogen) atoms. The summed E-state index contributed by atoms with van der Waals surface area (Å²) in [6, 6.07) is 7.15. The fourth-order valence-electron chi connectivity index (χ4n) is 8.29. The van der Waals surface area contributed by atoms with Crippen molar-refractivity contribution in [3.63, 3.8) is 0 Å². The number of benzene rings is 1. The lowest BCUT2D eigenvalue weighted by molar-refractivity contribution is -0.0143. The van der Waals surface area contributed by atoms with Crippen LogP contribution in [0.4, 0.5) is 0 Å². The molecule has 0 spiro atoms. The van der Waals surface area contributed by atoms with Gasteiger partial charge >= 0.3 is 0 Å². The number of aryl methyl sites for hydroxylation is 1. The number of ether oxygens (including phenoxy) is 2. The maximum Gasteiger partial charge on any atom is 0.224 e. The average Bonchev–Trinajstić information content (AvgIpc) is 3.49. The number of hydrogen-bond acceptors (Lipinski definition) is 5. The molecule has 1 unspecified atom stereocenters. The van der Waals surface area contributed by atoms with Crippen LogP contribution in [-0.2, 0) is 19.3 Å². The molecule has 1 aromatic carbocycles. The zero-order valence-electron chi connectivity index (χ0n) is 21.8. The van der Waals surface area contributed by atoms with Crippen molar-refractivity contribution in [2.75, 3.05) is 13.7 Å². The van der Waals surface area contributed by atoms with Crippen LogP contribution in [0, 0.1) is 35.5 Å². The number of nitrogens with zero attached hydrogens (tertiary/aromatic N) is 1. The van der Waals surface area contributed by atoms with Crippen LogP contribution < -0.4 is 0 Å². The van der Waals surface area contributed by atoms with Crippen LogP contribution in [0.2, 0.25) is 0 Å². The van der Waals surface area contributed by atoms with Gasteiger partial charge in [-0.15, -0.1) is 0 Å². The van der Waals surface area contributed by atoms with E-state index in [1.54, 1.807) is 19.2 Å². The van der Waals surface area contributed by atoms with Crippen molar-refractivity contribution in [3.05, 3.63) is 65.0 Å². The molecule has 192 valence electrons. The van der Waals surface area contributed by atoms with Gasteiger partial charge in [-0.2, -0.15) is 0 Å². The van der Waals surface area contributed by atoms with Gasteiger partial charge < -0.3 is 9.47 Å². The summed E-state index contributed by atoms with van der Waals surface area (Å²) >= 11 is 0. The molecule has 5 aliphatic rings. The van der Waals surface area contributed by atoms with Crippen LogP contribution in [0.1, 0.15) is 57.9 Å². The Kier molecular flexibility index (Phi) is 5.39. The van der Waals surface area contributed by atoms with Gasteiger partial charge in [0.15, 0.2) is 6.40 Å². The van der Waals surface area contributed by atoms with E-state index in [4.69, 9.17) is 9.47 Å². The van der Waals surface area contributed by atoms with Crippen molar-refractivity contribution >= 4 is 16.2 Å². The second kappa shape index (κ2) is 8.08. The van der Waals surface area contributed by atoms with Gasteiger partial charge in [-0.25, -0.2) is 13.4 Å². The number of allylic oxidation sites excluding steroid dienone is 5. The Hall–Kier alpha value is -2.34. The van der Waals surface area contributed by atoms with Gasteiger partial charge in [0.25, 0.3) is 0 Å². The Morgan fingerprint density at radius 1 is 1.03 bits per heavy atom. The summed E-state index contributed by atoms with van der Waals surface area (Å²) in [4.78, 5) is 3.56. The summed E-state index contributed by atoms with van der Waals surface area (Å²) in [6.07, 6.45) is 14.4. The smallest absolute Gasteiger partial charge is 0.224 e. The maximum absolute atomic E-state index is 14.2. The molecule has 0 bridgehead atoms. The Morgan fingerprint density at radius 2 is 1.81 bits per heavy atom. The minimum absolute atomic E-state index is 0.0534. The molecule has 0 saturated heterocycles. The monoisotopic (exact) mass is 507 g/mol. The van der Waals surface area contributed by atoms with Gasteiger partial charge in [0.2, 0.25) is 14.7 Å². The number of hydrogen-bond donors (Lipinski definition) is 0. The molecule has 0 aromatic heterocycles. The number of sulfone groups is 1. The van der Waals surface area contributed by atoms with E-state index in [2.05, 4.69) is 37.1 Å². The summed E-state index contributed by atoms with van der Waals surface area (Å²) in [5.74, 6) is 2.64. The molecule has 6 heteroatoms. The molecule has 4 aliphatic carbocycles. The first-order chi connectivity index (χ1) is 17.2. The van der Waals surface area contributed by atoms with Gasteiger partial charge in [0, 0.05) is 6.42 Å². The predicted molar refractivity (Wildman–Crippen MR) is 141 cm³/mol. The summed E-state index contributed by atoms with van der Waals surface area (Å²) in [7, 11) is -2.01. The number of fused-ring (bicyclic) bond motifs is 5. The van der Waals surface area contributed by atoms with E-state index in [9.17, 15) is 8.42 Å². The first-order valence-corrected chi connectivity index (χ1v) is 14.8. The predicted octanol–water partition coefficient (Wildman–Crippen LogP) is 6.16. The van der Waals surface area contributed by atoms with Crippen molar-refractivity contribution in [1.82, 2.24) is 0 Å². The van der Waals surface area contributed by atoms with Crippen LogP contribution in [0.25, 0.3) is 0 Å². The van der Waals surface area contributed by atoms with E-state index in [1.165, 1.54) is 12.0 Å². The van der Waals surface area contributed by atoms with E-state index in [-0.39, 0.29) is 17.4 Å². The largest absolute Gasteiger partial charge is 0.501 e. The van der Waals surface area contributed by atoms with Crippen LogP contribution in [0.5, 0.6) is 0 Å². The minimum atomic E-state index is -3.78. The van der Waals surface area contributed by atoms with Gasteiger partial charge in [-0.1, -0.05) is 43.7 Å². The number of methoxy groups -OCH3 is 1. The highest BCUT2D eigenvalue weighted by Crippen LogP contribution is 2.66. The standard InChI is InChI=1S/C30H37NO4S/c1-20-5-8-23(9-6-20)36(32,33)30(18-35-19-31-30)27-12-11-25-24-10-7-21-17-22(34-4)13-15-28(21,2)26(24)14-16-29(25,27)3/h5-9,12,17,19,24-26H,10-11,13-16,18H2,1-4H3/t24-,25-,26-,28-,29-,30?/m0/s1. The van der Waals surface area contributed by atoms with Crippen LogP contribution in [0.15, 0.2) is 69.3 Å². The zero-order chi connectivity index (χ0) is 25.3. The first-order valence-electron chi connectivity index (χ1n) is 13.3. The van der Waals surface area contributed by atoms with Crippen molar-refractivity contribution in [2.24, 2.45) is 33.6 Å². The number of rotatable bonds is 4. The van der Waals surface area contributed by atoms with Gasteiger partial charge in [0.05, 0.1) is 17.8 Å². The summed E-state index contributed by atoms with van der Waals surface area (Å²) < 4.78 is 39.6. The quantitative estimate of drug-likeness (QED) is 0.458. The summed E-state index contributed by atoms with van der Waals surface area (Å²) in [6.45, 7) is 6.77. The topological polar surface area (TPSA) is 65.0 Å². The molecule has 1 aliphatic heterocycles. The van der Waals surface area contributed by atoms with Crippen LogP contribution >= 0.6 is 0 Å². The van der Waals surface area contributed by atoms with Gasteiger partial charge in [-0.3, -0.25) is 0 Å². The third-order valence-corrected chi connectivity index (χ3v) is 12.6. The molecule has 1 fully saturated rings. The van der Waals surface area contributed by atoms with E-state index in [0.717, 1.165) is 55.4 Å². The lowest BCUT2D eigenvalue weighted by Crippen LogP contribution is -2.52. The van der Waals surface area contributed by atoms with E-state index in [1.807, 2.05) is 19.1 Å². The molecular formula is C30H37NO4S. The van der Waals surface area contributed by atoms with Crippen LogP contribution in [0.3, 0.4) is 0 Å². The summed E-state index contributed by atoms with van der Waals surface area (Å²) in [5, 5.41) is 0. The molecule has 1 saturated carbocycles. The van der Waals surface area contributed by atoms with Crippen molar-refractivity contribution in [2.45, 2.75) is 69.1 Å². The molecule has 1 aromatic rings. The fraction of sp³-hybridized carbons (Fsp3) is 0.567. The van der Waals surface area contributed by atoms with E-state index in [0.29, 0.717) is 22.6 Å². The molecule has 0 amide bonds. The molecular weight excluding hydrogens is 470 g/mol. The number of aliphatic imine (C=N–C) groups is 1. The molecule has 6 atom stereocenters. The maximum atomic E-state index is 14.2. The molecule has 1 heterocycles. The van der Waals surface area contributed by atoms with E-state index < -0.39 is 14.7 Å². The summed E-state index contributed by atoms with van der Waals surface area (Å²) in [5.41, 5.74) is 3.38. The highest BCUT2D eigenvalue weighted by Gasteiger charge is 2.63. The second-order valence-electron chi connectivity index (χ2n) is 12.0. The lowest BCUT2D eigenvalue weighted by Gasteiger charge is -2.57. The van der Waals surface area contributed by atoms with Crippen molar-refractivity contribution in [1.29, 1.82) is 0 Å². The Bertz CT molecular complexity index is 1310. The normalized spacial score (nSPS) is 39.2. The molecule has 5 nitrogen and oxygen atoms in total. The average molecular weight is 508 g/mol. The Labute approximate surface area is 215 Å². The zero-order valence-corrected chi connectivity index (χ0v) is 22.6. The fourth-order valence-corrected chi connectivity index (χ4v) is 10.2. The molecule has 6 rings (SSSR count). The highest BCUT2D eigenvalue weighted by molar-refractivity contribution is 7.93. The van der Waals surface area contributed by atoms with Gasteiger partial charge in [-0.05, 0) is 97.0 Å². The van der Waals surface area contributed by atoms with Crippen LogP contribution in [-0.4, -0.2) is 33.4 Å². The third-order valence-electron chi connectivity index (χ3n) is 10.4. The molecule has 0 radical (unpaired) electrons. The molecule has 0 N–H and O–H groups in total. The minimum Gasteiger partial charge on any atom is -0.501 e. The Balaban J connectivity index is 1.37.